The maximum atomic E-state index is 13.6. The van der Waals surface area contributed by atoms with Crippen molar-refractivity contribution in [3.05, 3.63) is 35.4 Å². The maximum absolute atomic E-state index is 13.6. The molecule has 1 aromatic rings. The first-order chi connectivity index (χ1) is 12.1. The topological polar surface area (TPSA) is 48.9 Å². The summed E-state index contributed by atoms with van der Waals surface area (Å²) >= 11 is 0. The van der Waals surface area contributed by atoms with Crippen LogP contribution < -0.4 is 10.6 Å². The fraction of sp³-hybridized carbons (Fsp3) is 0.611. The number of hydrogen-bond acceptors (Lipinski definition) is 3. The lowest BCUT2D eigenvalue weighted by atomic mass is 10.1. The zero-order valence-electron chi connectivity index (χ0n) is 15.9. The summed E-state index contributed by atoms with van der Waals surface area (Å²) in [6.45, 7) is 6.44. The fourth-order valence-electron chi connectivity index (χ4n) is 2.32. The van der Waals surface area contributed by atoms with Crippen LogP contribution in [0.15, 0.2) is 23.2 Å². The van der Waals surface area contributed by atoms with Gasteiger partial charge in [0.1, 0.15) is 11.6 Å². The Morgan fingerprint density at radius 1 is 1.23 bits per heavy atom. The first-order valence-electron chi connectivity index (χ1n) is 8.70. The van der Waals surface area contributed by atoms with Gasteiger partial charge in [-0.05, 0) is 50.6 Å². The molecule has 0 aliphatic carbocycles. The highest BCUT2D eigenvalue weighted by Crippen LogP contribution is 2.09. The van der Waals surface area contributed by atoms with Crippen LogP contribution in [0, 0.1) is 11.6 Å². The van der Waals surface area contributed by atoms with E-state index in [4.69, 9.17) is 4.74 Å². The first kappa shape index (κ1) is 25.0. The van der Waals surface area contributed by atoms with Crippen LogP contribution in [0.5, 0.6) is 0 Å². The molecule has 26 heavy (non-hydrogen) atoms. The summed E-state index contributed by atoms with van der Waals surface area (Å²) in [4.78, 5) is 6.71. The van der Waals surface area contributed by atoms with E-state index in [-0.39, 0.29) is 29.8 Å². The molecule has 0 aromatic heterocycles. The van der Waals surface area contributed by atoms with E-state index in [9.17, 15) is 8.78 Å². The van der Waals surface area contributed by atoms with E-state index in [0.29, 0.717) is 31.0 Å². The van der Waals surface area contributed by atoms with Gasteiger partial charge in [-0.25, -0.2) is 8.78 Å². The lowest BCUT2D eigenvalue weighted by Crippen LogP contribution is -2.39. The van der Waals surface area contributed by atoms with Crippen molar-refractivity contribution in [3.8, 4) is 0 Å². The molecule has 0 aliphatic rings. The van der Waals surface area contributed by atoms with Crippen LogP contribution in [0.1, 0.15) is 18.9 Å². The largest absolute Gasteiger partial charge is 0.385 e. The van der Waals surface area contributed by atoms with Crippen molar-refractivity contribution in [1.29, 1.82) is 0 Å². The maximum Gasteiger partial charge on any atom is 0.191 e. The average Bonchev–Trinajstić information content (AvgIpc) is 2.58. The lowest BCUT2D eigenvalue weighted by molar-refractivity contribution is 0.180. The molecule has 8 heteroatoms. The average molecular weight is 484 g/mol. The summed E-state index contributed by atoms with van der Waals surface area (Å²) in [5.74, 6) is -0.124. The molecule has 1 aromatic carbocycles. The Morgan fingerprint density at radius 2 is 2.00 bits per heavy atom. The van der Waals surface area contributed by atoms with Crippen molar-refractivity contribution >= 4 is 29.9 Å². The molecule has 0 bridgehead atoms. The Bertz CT molecular complexity index is 532. The van der Waals surface area contributed by atoms with Crippen LogP contribution in [-0.2, 0) is 11.2 Å². The third kappa shape index (κ3) is 10.9. The Labute approximate surface area is 172 Å². The van der Waals surface area contributed by atoms with E-state index in [2.05, 4.69) is 27.6 Å². The molecule has 0 atom stereocenters. The van der Waals surface area contributed by atoms with Gasteiger partial charge in [-0.1, -0.05) is 0 Å². The highest BCUT2D eigenvalue weighted by Gasteiger charge is 2.05. The van der Waals surface area contributed by atoms with Crippen LogP contribution in [0.4, 0.5) is 8.78 Å². The third-order valence-corrected chi connectivity index (χ3v) is 3.68. The molecule has 5 nitrogen and oxygen atoms in total. The monoisotopic (exact) mass is 484 g/mol. The number of likely N-dealkylation sites (N-methyl/N-ethyl adjacent to an activating group) is 1. The number of hydrogen-bond donors (Lipinski definition) is 2. The number of nitrogens with zero attached hydrogens (tertiary/aromatic N) is 2. The fourth-order valence-corrected chi connectivity index (χ4v) is 2.32. The van der Waals surface area contributed by atoms with Gasteiger partial charge in [-0.15, -0.1) is 24.0 Å². The summed E-state index contributed by atoms with van der Waals surface area (Å²) in [5, 5.41) is 6.31. The standard InChI is InChI=1S/C18H30F2N4O.HI/c1-4-21-18(23-10-12-24(2)11-5-13-25-3)22-9-8-15-14-16(19)6-7-17(15)20;/h6-7,14H,4-5,8-13H2,1-3H3,(H2,21,22,23);1H. The molecular formula is C18H31F2IN4O. The van der Waals surface area contributed by atoms with Crippen molar-refractivity contribution < 1.29 is 13.5 Å². The number of ether oxygens (including phenoxy) is 1. The normalized spacial score (nSPS) is 11.4. The van der Waals surface area contributed by atoms with Gasteiger partial charge in [0.05, 0.1) is 6.54 Å². The van der Waals surface area contributed by atoms with Gasteiger partial charge < -0.3 is 20.3 Å². The highest BCUT2D eigenvalue weighted by atomic mass is 127. The summed E-state index contributed by atoms with van der Waals surface area (Å²) in [6, 6.07) is 3.51. The predicted octanol–water partition coefficient (Wildman–Crippen LogP) is 2.65. The smallest absolute Gasteiger partial charge is 0.191 e. The third-order valence-electron chi connectivity index (χ3n) is 3.68. The molecule has 0 amide bonds. The Balaban J connectivity index is 0.00000625. The number of benzene rings is 1. The first-order valence-corrected chi connectivity index (χ1v) is 8.70. The second-order valence-corrected chi connectivity index (χ2v) is 5.82. The molecular weight excluding hydrogens is 453 g/mol. The quantitative estimate of drug-likeness (QED) is 0.220. The number of methoxy groups -OCH3 is 1. The van der Waals surface area contributed by atoms with Crippen LogP contribution in [-0.4, -0.2) is 64.3 Å². The van der Waals surface area contributed by atoms with Crippen molar-refractivity contribution in [1.82, 2.24) is 15.5 Å². The number of halogens is 3. The van der Waals surface area contributed by atoms with Gasteiger partial charge in [-0.3, -0.25) is 4.99 Å². The van der Waals surface area contributed by atoms with Gasteiger partial charge in [0.15, 0.2) is 5.96 Å². The summed E-state index contributed by atoms with van der Waals surface area (Å²) in [7, 11) is 3.76. The Hall–Kier alpha value is -1.00. The predicted molar refractivity (Wildman–Crippen MR) is 113 cm³/mol. The molecule has 2 N–H and O–H groups in total. The Morgan fingerprint density at radius 3 is 2.69 bits per heavy atom. The molecule has 0 heterocycles. The van der Waals surface area contributed by atoms with E-state index < -0.39 is 5.82 Å². The van der Waals surface area contributed by atoms with Gasteiger partial charge >= 0.3 is 0 Å². The van der Waals surface area contributed by atoms with E-state index >= 15 is 0 Å². The minimum Gasteiger partial charge on any atom is -0.385 e. The van der Waals surface area contributed by atoms with Crippen molar-refractivity contribution in [2.24, 2.45) is 4.99 Å². The van der Waals surface area contributed by atoms with Crippen molar-refractivity contribution in [2.45, 2.75) is 19.8 Å². The van der Waals surface area contributed by atoms with Crippen LogP contribution in [0.2, 0.25) is 0 Å². The molecule has 0 saturated carbocycles. The van der Waals surface area contributed by atoms with E-state index in [1.165, 1.54) is 6.07 Å². The second kappa shape index (κ2) is 15.1. The Kier molecular flexibility index (Phi) is 14.5. The SMILES string of the molecule is CCNC(=NCCN(C)CCCOC)NCCc1cc(F)ccc1F.I. The molecule has 150 valence electrons. The minimum absolute atomic E-state index is 0. The number of guanidine groups is 1. The number of rotatable bonds is 11. The number of aliphatic imine (C=N–C) groups is 1. The van der Waals surface area contributed by atoms with Crippen LogP contribution in [0.25, 0.3) is 0 Å². The second-order valence-electron chi connectivity index (χ2n) is 5.82. The molecule has 1 rings (SSSR count). The lowest BCUT2D eigenvalue weighted by Gasteiger charge is -2.16. The van der Waals surface area contributed by atoms with Gasteiger partial charge in [0, 0.05) is 39.9 Å². The number of nitrogens with one attached hydrogen (secondary N) is 2. The molecule has 0 unspecified atom stereocenters. The van der Waals surface area contributed by atoms with Crippen LogP contribution >= 0.6 is 24.0 Å². The highest BCUT2D eigenvalue weighted by molar-refractivity contribution is 14.0. The minimum atomic E-state index is -0.423. The van der Waals surface area contributed by atoms with E-state index in [0.717, 1.165) is 44.8 Å². The zero-order valence-corrected chi connectivity index (χ0v) is 18.2. The summed E-state index contributed by atoms with van der Waals surface area (Å²) in [5.41, 5.74) is 0.362. The van der Waals surface area contributed by atoms with E-state index in [1.54, 1.807) is 7.11 Å². The van der Waals surface area contributed by atoms with Gasteiger partial charge in [0.25, 0.3) is 0 Å². The van der Waals surface area contributed by atoms with Gasteiger partial charge in [0.2, 0.25) is 0 Å². The zero-order chi connectivity index (χ0) is 18.5. The van der Waals surface area contributed by atoms with Crippen LogP contribution in [0.3, 0.4) is 0 Å². The molecule has 0 aliphatic heterocycles. The molecule has 0 radical (unpaired) electrons. The van der Waals surface area contributed by atoms with E-state index in [1.807, 2.05) is 6.92 Å². The van der Waals surface area contributed by atoms with Gasteiger partial charge in [-0.2, -0.15) is 0 Å². The summed E-state index contributed by atoms with van der Waals surface area (Å²) in [6.07, 6.45) is 1.39. The molecule has 0 saturated heterocycles. The van der Waals surface area contributed by atoms with Crippen molar-refractivity contribution in [2.75, 3.05) is 53.5 Å². The molecule has 0 spiro atoms. The van der Waals surface area contributed by atoms with Crippen molar-refractivity contribution in [3.63, 3.8) is 0 Å². The summed E-state index contributed by atoms with van der Waals surface area (Å²) < 4.78 is 31.8. The molecule has 0 fully saturated rings.